The lowest BCUT2D eigenvalue weighted by Crippen LogP contribution is -2.41. The zero-order chi connectivity index (χ0) is 29.5. The molecule has 5 N–H and O–H groups in total. The third-order valence-corrected chi connectivity index (χ3v) is 9.76. The van der Waals surface area contributed by atoms with Crippen molar-refractivity contribution in [3.05, 3.63) is 59.7 Å². The van der Waals surface area contributed by atoms with Crippen LogP contribution in [0, 0.1) is 0 Å². The number of carboxylic acid groups (broad SMARTS) is 1. The lowest BCUT2D eigenvalue weighted by atomic mass is 9.98. The van der Waals surface area contributed by atoms with Crippen LogP contribution in [-0.2, 0) is 14.3 Å². The first-order valence-corrected chi connectivity index (χ1v) is 15.7. The van der Waals surface area contributed by atoms with Crippen LogP contribution in [0.1, 0.15) is 62.0 Å². The molecule has 0 aromatic heterocycles. The number of urea groups is 1. The number of aliphatic carboxylic acids is 1. The van der Waals surface area contributed by atoms with Crippen molar-refractivity contribution < 1.29 is 29.0 Å². The summed E-state index contributed by atoms with van der Waals surface area (Å²) in [5, 5.41) is 21.3. The molecule has 1 aliphatic carbocycles. The number of ether oxygens (including phenoxy) is 1. The standard InChI is InChI=1S/C31H38N4O6S/c36-27(15-6-5-14-26-28-25(18-42-26)33-30(39)35-28)32-16-8-7-13-24(29(37)38)34-31(40)41-17-23-21-11-3-1-9-19(21)20-10-2-4-12-22(20)23/h1-4,9-12,23-26,28H,5-8,13-18H2,(H,32,36)(H,34,40)(H,37,38)(H2,33,35,39)/t24-,25-,26-,28-/m0/s1. The zero-order valence-corrected chi connectivity index (χ0v) is 24.3. The Bertz CT molecular complexity index is 1260. The van der Waals surface area contributed by atoms with Gasteiger partial charge in [-0.05, 0) is 54.4 Å². The molecule has 10 nitrogen and oxygen atoms in total. The van der Waals surface area contributed by atoms with Crippen molar-refractivity contribution in [3.63, 3.8) is 0 Å². The molecule has 3 aliphatic rings. The Morgan fingerprint density at radius 3 is 2.40 bits per heavy atom. The summed E-state index contributed by atoms with van der Waals surface area (Å²) in [7, 11) is 0. The SMILES string of the molecule is O=C(CCCC[C@@H]1SC[C@@H]2NC(=O)N[C@@H]21)NCCCC[C@H](NC(=O)OCC1c2ccccc2-c2ccccc21)C(=O)O. The van der Waals surface area contributed by atoms with Crippen molar-refractivity contribution in [2.75, 3.05) is 18.9 Å². The second-order valence-electron chi connectivity index (χ2n) is 11.1. The van der Waals surface area contributed by atoms with Crippen LogP contribution in [0.25, 0.3) is 11.1 Å². The molecule has 4 amide bonds. The first-order valence-electron chi connectivity index (χ1n) is 14.7. The number of carbonyl (C=O) groups excluding carboxylic acids is 3. The Balaban J connectivity index is 0.954. The van der Waals surface area contributed by atoms with E-state index in [2.05, 4.69) is 33.4 Å². The van der Waals surface area contributed by atoms with Crippen LogP contribution in [0.5, 0.6) is 0 Å². The molecule has 0 saturated carbocycles. The summed E-state index contributed by atoms with van der Waals surface area (Å²) in [4.78, 5) is 48.0. The number of thioether (sulfide) groups is 1. The fourth-order valence-corrected chi connectivity index (χ4v) is 7.65. The molecule has 0 radical (unpaired) electrons. The highest BCUT2D eigenvalue weighted by atomic mass is 32.2. The number of alkyl carbamates (subject to hydrolysis) is 1. The van der Waals surface area contributed by atoms with Gasteiger partial charge in [-0.1, -0.05) is 55.0 Å². The Morgan fingerprint density at radius 2 is 1.69 bits per heavy atom. The summed E-state index contributed by atoms with van der Waals surface area (Å²) in [5.74, 6) is -0.309. The Labute approximate surface area is 249 Å². The normalized spacial score (nSPS) is 21.0. The summed E-state index contributed by atoms with van der Waals surface area (Å²) in [6.45, 7) is 0.572. The highest BCUT2D eigenvalue weighted by Gasteiger charge is 2.42. The number of carbonyl (C=O) groups is 4. The minimum Gasteiger partial charge on any atom is -0.480 e. The van der Waals surface area contributed by atoms with Crippen LogP contribution in [-0.4, -0.2) is 71.4 Å². The number of hydrogen-bond donors (Lipinski definition) is 5. The maximum Gasteiger partial charge on any atom is 0.407 e. The minimum absolute atomic E-state index is 0.0191. The van der Waals surface area contributed by atoms with Gasteiger partial charge in [0.1, 0.15) is 12.6 Å². The molecule has 0 bridgehead atoms. The van der Waals surface area contributed by atoms with Crippen molar-refractivity contribution in [3.8, 4) is 11.1 Å². The molecule has 42 heavy (non-hydrogen) atoms. The van der Waals surface area contributed by atoms with E-state index in [0.29, 0.717) is 31.1 Å². The molecule has 2 saturated heterocycles. The van der Waals surface area contributed by atoms with Gasteiger partial charge in [0.05, 0.1) is 12.1 Å². The van der Waals surface area contributed by atoms with Gasteiger partial charge in [-0.15, -0.1) is 0 Å². The zero-order valence-electron chi connectivity index (χ0n) is 23.5. The Hall–Kier alpha value is -3.73. The Morgan fingerprint density at radius 1 is 0.976 bits per heavy atom. The Kier molecular flexibility index (Phi) is 9.89. The van der Waals surface area contributed by atoms with Crippen molar-refractivity contribution >= 4 is 35.8 Å². The molecule has 0 spiro atoms. The summed E-state index contributed by atoms with van der Waals surface area (Å²) in [6.07, 6.45) is 3.74. The van der Waals surface area contributed by atoms with Gasteiger partial charge in [0.2, 0.25) is 5.91 Å². The molecule has 5 rings (SSSR count). The van der Waals surface area contributed by atoms with E-state index >= 15 is 0 Å². The lowest BCUT2D eigenvalue weighted by molar-refractivity contribution is -0.139. The second-order valence-corrected chi connectivity index (χ2v) is 12.3. The van der Waals surface area contributed by atoms with E-state index in [9.17, 15) is 24.3 Å². The van der Waals surface area contributed by atoms with Crippen LogP contribution >= 0.6 is 11.8 Å². The summed E-state index contributed by atoms with van der Waals surface area (Å²) >= 11 is 1.87. The highest BCUT2D eigenvalue weighted by Crippen LogP contribution is 2.44. The van der Waals surface area contributed by atoms with Crippen LogP contribution in [0.3, 0.4) is 0 Å². The van der Waals surface area contributed by atoms with Gasteiger partial charge in [-0.3, -0.25) is 4.79 Å². The fourth-order valence-electron chi connectivity index (χ4n) is 6.10. The number of fused-ring (bicyclic) bond motifs is 4. The maximum absolute atomic E-state index is 12.5. The molecule has 11 heteroatoms. The van der Waals surface area contributed by atoms with Crippen LogP contribution in [0.4, 0.5) is 9.59 Å². The molecule has 2 aromatic rings. The number of carboxylic acids is 1. The fraction of sp³-hybridized carbons (Fsp3) is 0.484. The molecule has 224 valence electrons. The van der Waals surface area contributed by atoms with Crippen LogP contribution < -0.4 is 21.3 Å². The number of hydrogen-bond acceptors (Lipinski definition) is 6. The third-order valence-electron chi connectivity index (χ3n) is 8.26. The monoisotopic (exact) mass is 594 g/mol. The van der Waals surface area contributed by atoms with Crippen molar-refractivity contribution in [2.24, 2.45) is 0 Å². The number of unbranched alkanes of at least 4 members (excludes halogenated alkanes) is 2. The van der Waals surface area contributed by atoms with Gasteiger partial charge in [0.15, 0.2) is 0 Å². The number of nitrogens with one attached hydrogen (secondary N) is 4. The van der Waals surface area contributed by atoms with Gasteiger partial charge < -0.3 is 31.1 Å². The molecular formula is C31H38N4O6S. The van der Waals surface area contributed by atoms with Gasteiger partial charge in [0.25, 0.3) is 0 Å². The number of benzene rings is 2. The van der Waals surface area contributed by atoms with E-state index < -0.39 is 18.1 Å². The summed E-state index contributed by atoms with van der Waals surface area (Å²) in [5.41, 5.74) is 4.42. The van der Waals surface area contributed by atoms with E-state index in [1.807, 2.05) is 48.2 Å². The van der Waals surface area contributed by atoms with Crippen molar-refractivity contribution in [2.45, 2.75) is 74.2 Å². The maximum atomic E-state index is 12.5. The molecule has 0 unspecified atom stereocenters. The van der Waals surface area contributed by atoms with Gasteiger partial charge >= 0.3 is 18.1 Å². The van der Waals surface area contributed by atoms with Crippen LogP contribution in [0.2, 0.25) is 0 Å². The average Bonchev–Trinajstić information content (AvgIpc) is 3.64. The average molecular weight is 595 g/mol. The topological polar surface area (TPSA) is 146 Å². The number of amides is 4. The van der Waals surface area contributed by atoms with E-state index in [4.69, 9.17) is 4.74 Å². The quantitative estimate of drug-likeness (QED) is 0.164. The smallest absolute Gasteiger partial charge is 0.407 e. The minimum atomic E-state index is -1.12. The van der Waals surface area contributed by atoms with Crippen molar-refractivity contribution in [1.82, 2.24) is 21.3 Å². The van der Waals surface area contributed by atoms with Gasteiger partial charge in [0, 0.05) is 29.9 Å². The predicted molar refractivity (Wildman–Crippen MR) is 160 cm³/mol. The first-order chi connectivity index (χ1) is 20.4. The molecule has 2 heterocycles. The van der Waals surface area contributed by atoms with E-state index in [1.54, 1.807) is 0 Å². The van der Waals surface area contributed by atoms with Crippen molar-refractivity contribution in [1.29, 1.82) is 0 Å². The van der Waals surface area contributed by atoms with Gasteiger partial charge in [-0.25, -0.2) is 14.4 Å². The molecule has 2 aromatic carbocycles. The highest BCUT2D eigenvalue weighted by molar-refractivity contribution is 8.00. The van der Waals surface area contributed by atoms with E-state index in [1.165, 1.54) is 0 Å². The molecule has 2 fully saturated rings. The molecule has 4 atom stereocenters. The van der Waals surface area contributed by atoms with E-state index in [-0.39, 0.29) is 43.0 Å². The third kappa shape index (κ3) is 7.18. The van der Waals surface area contributed by atoms with Gasteiger partial charge in [-0.2, -0.15) is 11.8 Å². The first kappa shape index (κ1) is 29.8. The largest absolute Gasteiger partial charge is 0.480 e. The molecule has 2 aliphatic heterocycles. The number of rotatable bonds is 14. The lowest BCUT2D eigenvalue weighted by Gasteiger charge is -2.17. The van der Waals surface area contributed by atoms with E-state index in [0.717, 1.165) is 47.3 Å². The summed E-state index contributed by atoms with van der Waals surface area (Å²) in [6, 6.07) is 15.3. The molecular weight excluding hydrogens is 556 g/mol. The second kappa shape index (κ2) is 14.0. The summed E-state index contributed by atoms with van der Waals surface area (Å²) < 4.78 is 5.49. The van der Waals surface area contributed by atoms with Crippen LogP contribution in [0.15, 0.2) is 48.5 Å². The predicted octanol–water partition coefficient (Wildman–Crippen LogP) is 3.99.